The van der Waals surface area contributed by atoms with Crippen LogP contribution in [0.3, 0.4) is 0 Å². The van der Waals surface area contributed by atoms with Crippen LogP contribution in [0, 0.1) is 0 Å². The largest absolute Gasteiger partial charge is 0.481 e. The lowest BCUT2D eigenvalue weighted by atomic mass is 10.00. The average molecular weight is 490 g/mol. The van der Waals surface area contributed by atoms with Gasteiger partial charge in [0.1, 0.15) is 11.9 Å². The van der Waals surface area contributed by atoms with E-state index in [4.69, 9.17) is 21.4 Å². The van der Waals surface area contributed by atoms with Crippen molar-refractivity contribution in [3.63, 3.8) is 0 Å². The summed E-state index contributed by atoms with van der Waals surface area (Å²) < 4.78 is 7.12. The first kappa shape index (κ1) is 24.0. The minimum Gasteiger partial charge on any atom is -0.481 e. The van der Waals surface area contributed by atoms with Crippen molar-refractivity contribution in [3.05, 3.63) is 95.1 Å². The zero-order valence-corrected chi connectivity index (χ0v) is 20.0. The van der Waals surface area contributed by atoms with E-state index in [1.165, 1.54) is 0 Å². The van der Waals surface area contributed by atoms with Crippen LogP contribution in [0.2, 0.25) is 5.02 Å². The number of hydrogen-bond acceptors (Lipinski definition) is 4. The number of carboxylic acid groups (broad SMARTS) is 1. The van der Waals surface area contributed by atoms with Crippen LogP contribution in [0.1, 0.15) is 24.2 Å². The molecule has 0 fully saturated rings. The number of benzene rings is 3. The Labute approximate surface area is 207 Å². The Bertz CT molecular complexity index is 1350. The van der Waals surface area contributed by atoms with Gasteiger partial charge in [-0.3, -0.25) is 14.8 Å². The molecule has 7 nitrogen and oxygen atoms in total. The molecule has 2 N–H and O–H groups in total. The maximum absolute atomic E-state index is 12.6. The van der Waals surface area contributed by atoms with E-state index in [1.807, 2.05) is 67.6 Å². The molecule has 0 aliphatic carbocycles. The number of anilines is 1. The van der Waals surface area contributed by atoms with Gasteiger partial charge in [-0.25, -0.2) is 4.79 Å². The van der Waals surface area contributed by atoms with Crippen LogP contribution in [0.15, 0.2) is 79.0 Å². The Morgan fingerprint density at radius 3 is 2.34 bits per heavy atom. The normalized spacial score (nSPS) is 11.6. The van der Waals surface area contributed by atoms with Crippen LogP contribution in [0.5, 0.6) is 0 Å². The van der Waals surface area contributed by atoms with E-state index in [1.54, 1.807) is 30.1 Å². The second-order valence-corrected chi connectivity index (χ2v) is 8.47. The van der Waals surface area contributed by atoms with Gasteiger partial charge in [0.05, 0.1) is 12.6 Å². The summed E-state index contributed by atoms with van der Waals surface area (Å²) in [5.41, 5.74) is 4.88. The summed E-state index contributed by atoms with van der Waals surface area (Å²) in [5, 5.41) is 16.5. The maximum atomic E-state index is 12.6. The minimum absolute atomic E-state index is 0.124. The topological polar surface area (TPSA) is 93.4 Å². The fraction of sp³-hybridized carbons (Fsp3) is 0.148. The molecule has 0 bridgehead atoms. The minimum atomic E-state index is -0.928. The SMILES string of the molecule is CC(OC(=O)Nc1c(-c2ccc(-c3ccc(CC(=O)O)c(Cl)c3)cc2)cnn1C)c1ccccc1. The summed E-state index contributed by atoms with van der Waals surface area (Å²) in [6.45, 7) is 1.82. The molecular formula is C27H24ClN3O4. The summed E-state index contributed by atoms with van der Waals surface area (Å²) in [6.07, 6.45) is 0.587. The monoisotopic (exact) mass is 489 g/mol. The quantitative estimate of drug-likeness (QED) is 0.315. The van der Waals surface area contributed by atoms with Crippen molar-refractivity contribution in [1.82, 2.24) is 9.78 Å². The molecule has 8 heteroatoms. The smallest absolute Gasteiger partial charge is 0.413 e. The molecule has 0 saturated carbocycles. The van der Waals surface area contributed by atoms with Gasteiger partial charge in [0.15, 0.2) is 0 Å². The van der Waals surface area contributed by atoms with Gasteiger partial charge in [-0.2, -0.15) is 5.10 Å². The highest BCUT2D eigenvalue weighted by Gasteiger charge is 2.17. The Morgan fingerprint density at radius 2 is 1.69 bits per heavy atom. The number of hydrogen-bond donors (Lipinski definition) is 2. The van der Waals surface area contributed by atoms with E-state index in [2.05, 4.69) is 10.4 Å². The van der Waals surface area contributed by atoms with E-state index in [-0.39, 0.29) is 6.42 Å². The third kappa shape index (κ3) is 5.70. The fourth-order valence-electron chi connectivity index (χ4n) is 3.75. The molecule has 1 aromatic heterocycles. The van der Waals surface area contributed by atoms with E-state index in [0.29, 0.717) is 16.4 Å². The molecule has 0 aliphatic heterocycles. The summed E-state index contributed by atoms with van der Waals surface area (Å²) in [6, 6.07) is 22.6. The molecule has 35 heavy (non-hydrogen) atoms. The van der Waals surface area contributed by atoms with Gasteiger partial charge in [-0.15, -0.1) is 0 Å². The van der Waals surface area contributed by atoms with Crippen molar-refractivity contribution < 1.29 is 19.4 Å². The Hall–Kier alpha value is -4.10. The van der Waals surface area contributed by atoms with Gasteiger partial charge in [-0.05, 0) is 40.8 Å². The highest BCUT2D eigenvalue weighted by Crippen LogP contribution is 2.31. The van der Waals surface area contributed by atoms with Crippen LogP contribution in [0.25, 0.3) is 22.3 Å². The van der Waals surface area contributed by atoms with Crippen molar-refractivity contribution in [2.24, 2.45) is 7.05 Å². The number of carbonyl (C=O) groups excluding carboxylic acids is 1. The van der Waals surface area contributed by atoms with E-state index >= 15 is 0 Å². The number of halogens is 1. The number of aromatic nitrogens is 2. The molecule has 4 rings (SSSR count). The molecule has 0 spiro atoms. The van der Waals surface area contributed by atoms with Crippen molar-refractivity contribution in [2.75, 3.05) is 5.32 Å². The lowest BCUT2D eigenvalue weighted by Gasteiger charge is -2.15. The van der Waals surface area contributed by atoms with Crippen LogP contribution >= 0.6 is 11.6 Å². The van der Waals surface area contributed by atoms with Crippen LogP contribution in [-0.4, -0.2) is 26.9 Å². The molecule has 3 aromatic carbocycles. The van der Waals surface area contributed by atoms with E-state index < -0.39 is 18.2 Å². The van der Waals surface area contributed by atoms with Crippen molar-refractivity contribution in [1.29, 1.82) is 0 Å². The molecule has 1 heterocycles. The predicted octanol–water partition coefficient (Wildman–Crippen LogP) is 6.34. The summed E-state index contributed by atoms with van der Waals surface area (Å²) >= 11 is 6.27. The summed E-state index contributed by atoms with van der Waals surface area (Å²) in [5.74, 6) is -0.410. The van der Waals surface area contributed by atoms with Crippen LogP contribution < -0.4 is 5.32 Å². The van der Waals surface area contributed by atoms with Crippen LogP contribution in [-0.2, 0) is 23.0 Å². The third-order valence-corrected chi connectivity index (χ3v) is 5.99. The summed E-state index contributed by atoms with van der Waals surface area (Å²) in [7, 11) is 1.74. The van der Waals surface area contributed by atoms with Crippen LogP contribution in [0.4, 0.5) is 10.6 Å². The molecule has 0 radical (unpaired) electrons. The highest BCUT2D eigenvalue weighted by atomic mass is 35.5. The Morgan fingerprint density at radius 1 is 1.03 bits per heavy atom. The second-order valence-electron chi connectivity index (χ2n) is 8.07. The number of carbonyl (C=O) groups is 2. The molecule has 1 unspecified atom stereocenters. The molecular weight excluding hydrogens is 466 g/mol. The highest BCUT2D eigenvalue weighted by molar-refractivity contribution is 6.31. The van der Waals surface area contributed by atoms with Gasteiger partial charge < -0.3 is 9.84 Å². The number of aliphatic carboxylic acids is 1. The molecule has 1 atom stereocenters. The third-order valence-electron chi connectivity index (χ3n) is 5.64. The Balaban J connectivity index is 1.50. The molecule has 178 valence electrons. The standard InChI is InChI=1S/C27H24ClN3O4/c1-17(18-6-4-3-5-7-18)35-27(34)30-26-23(16-29-31(26)2)20-10-8-19(9-11-20)21-12-13-22(15-25(32)33)24(28)14-21/h3-14,16-17H,15H2,1-2H3,(H,30,34)(H,32,33). The number of rotatable bonds is 7. The zero-order chi connectivity index (χ0) is 24.9. The molecule has 4 aromatic rings. The van der Waals surface area contributed by atoms with Gasteiger partial charge in [0, 0.05) is 17.6 Å². The zero-order valence-electron chi connectivity index (χ0n) is 19.2. The predicted molar refractivity (Wildman–Crippen MR) is 135 cm³/mol. The molecule has 1 amide bonds. The number of ether oxygens (including phenoxy) is 1. The van der Waals surface area contributed by atoms with Crippen molar-refractivity contribution >= 4 is 29.5 Å². The molecule has 0 aliphatic rings. The van der Waals surface area contributed by atoms with Gasteiger partial charge in [0.2, 0.25) is 0 Å². The van der Waals surface area contributed by atoms with E-state index in [0.717, 1.165) is 27.8 Å². The first-order chi connectivity index (χ1) is 16.8. The number of nitrogens with zero attached hydrogens (tertiary/aromatic N) is 2. The number of amides is 1. The first-order valence-electron chi connectivity index (χ1n) is 11.0. The van der Waals surface area contributed by atoms with Crippen molar-refractivity contribution in [3.8, 4) is 22.3 Å². The van der Waals surface area contributed by atoms with Gasteiger partial charge in [-0.1, -0.05) is 78.3 Å². The molecule has 0 saturated heterocycles. The number of aryl methyl sites for hydroxylation is 1. The van der Waals surface area contributed by atoms with Gasteiger partial charge in [0.25, 0.3) is 0 Å². The fourth-order valence-corrected chi connectivity index (χ4v) is 4.00. The number of carboxylic acids is 1. The van der Waals surface area contributed by atoms with E-state index in [9.17, 15) is 9.59 Å². The lowest BCUT2D eigenvalue weighted by molar-refractivity contribution is -0.136. The number of nitrogens with one attached hydrogen (secondary N) is 1. The van der Waals surface area contributed by atoms with Crippen molar-refractivity contribution in [2.45, 2.75) is 19.4 Å². The average Bonchev–Trinajstić information content (AvgIpc) is 3.20. The summed E-state index contributed by atoms with van der Waals surface area (Å²) in [4.78, 5) is 23.5. The second kappa shape index (κ2) is 10.4. The Kier molecular flexibility index (Phi) is 7.17. The lowest BCUT2D eigenvalue weighted by Crippen LogP contribution is -2.18. The first-order valence-corrected chi connectivity index (χ1v) is 11.3. The maximum Gasteiger partial charge on any atom is 0.413 e. The van der Waals surface area contributed by atoms with Gasteiger partial charge >= 0.3 is 12.1 Å².